The molecule has 180 valence electrons. The molecule has 0 unspecified atom stereocenters. The quantitative estimate of drug-likeness (QED) is 0.550. The molecule has 0 radical (unpaired) electrons. The molecule has 8 nitrogen and oxygen atoms in total. The second kappa shape index (κ2) is 10.8. The Kier molecular flexibility index (Phi) is 8.07. The zero-order chi connectivity index (χ0) is 24.0. The first-order valence-corrected chi connectivity index (χ1v) is 12.5. The molecular formula is C24H32N2O6S. The summed E-state index contributed by atoms with van der Waals surface area (Å²) in [6.45, 7) is 5.51. The first kappa shape index (κ1) is 24.7. The smallest absolute Gasteiger partial charge is 0.264 e. The number of benzene rings is 2. The van der Waals surface area contributed by atoms with Gasteiger partial charge in [-0.15, -0.1) is 0 Å². The molecule has 9 heteroatoms. The van der Waals surface area contributed by atoms with Crippen LogP contribution in [0.2, 0.25) is 0 Å². The molecule has 1 aliphatic rings. The van der Waals surface area contributed by atoms with Gasteiger partial charge in [0.15, 0.2) is 11.5 Å². The molecule has 0 N–H and O–H groups in total. The van der Waals surface area contributed by atoms with E-state index in [9.17, 15) is 13.2 Å². The summed E-state index contributed by atoms with van der Waals surface area (Å²) in [5, 5.41) is 0. The molecule has 2 aromatic carbocycles. The van der Waals surface area contributed by atoms with Crippen LogP contribution < -0.4 is 18.5 Å². The van der Waals surface area contributed by atoms with E-state index in [-0.39, 0.29) is 17.3 Å². The summed E-state index contributed by atoms with van der Waals surface area (Å²) >= 11 is 0. The van der Waals surface area contributed by atoms with Crippen molar-refractivity contribution in [3.63, 3.8) is 0 Å². The van der Waals surface area contributed by atoms with Crippen LogP contribution in [0.3, 0.4) is 0 Å². The molecule has 0 saturated carbocycles. The van der Waals surface area contributed by atoms with E-state index < -0.39 is 10.0 Å². The molecule has 1 fully saturated rings. The SMILES string of the molecule is CCOc1ccc(N(CC(=O)N2CCC(C)CC2)S(=O)(=O)c2ccc(OC)c(OC)c2)cc1. The number of amides is 1. The normalized spacial score (nSPS) is 14.6. The molecule has 0 aromatic heterocycles. The number of sulfonamides is 1. The Balaban J connectivity index is 1.97. The van der Waals surface area contributed by atoms with E-state index >= 15 is 0 Å². The van der Waals surface area contributed by atoms with Crippen LogP contribution in [0, 0.1) is 5.92 Å². The van der Waals surface area contributed by atoms with E-state index in [1.165, 1.54) is 32.4 Å². The Hall–Kier alpha value is -2.94. The van der Waals surface area contributed by atoms with Crippen molar-refractivity contribution < 1.29 is 27.4 Å². The minimum Gasteiger partial charge on any atom is -0.494 e. The predicted octanol–water partition coefficient (Wildman–Crippen LogP) is 3.56. The van der Waals surface area contributed by atoms with Gasteiger partial charge >= 0.3 is 0 Å². The lowest BCUT2D eigenvalue weighted by atomic mass is 9.99. The topological polar surface area (TPSA) is 85.4 Å². The number of methoxy groups -OCH3 is 2. The maximum atomic E-state index is 13.7. The Labute approximate surface area is 196 Å². The minimum absolute atomic E-state index is 0.00843. The van der Waals surface area contributed by atoms with Crippen LogP contribution in [0.25, 0.3) is 0 Å². The van der Waals surface area contributed by atoms with Gasteiger partial charge < -0.3 is 19.1 Å². The molecule has 33 heavy (non-hydrogen) atoms. The third-order valence-corrected chi connectivity index (χ3v) is 7.56. The van der Waals surface area contributed by atoms with Crippen LogP contribution in [0.15, 0.2) is 47.4 Å². The number of anilines is 1. The van der Waals surface area contributed by atoms with Crippen LogP contribution in [0.5, 0.6) is 17.2 Å². The fourth-order valence-electron chi connectivity index (χ4n) is 3.78. The van der Waals surface area contributed by atoms with Crippen molar-refractivity contribution in [1.82, 2.24) is 4.90 Å². The highest BCUT2D eigenvalue weighted by atomic mass is 32.2. The lowest BCUT2D eigenvalue weighted by Crippen LogP contribution is -2.45. The lowest BCUT2D eigenvalue weighted by molar-refractivity contribution is -0.130. The maximum absolute atomic E-state index is 13.7. The average molecular weight is 477 g/mol. The number of hydrogen-bond acceptors (Lipinski definition) is 6. The summed E-state index contributed by atoms with van der Waals surface area (Å²) in [5.74, 6) is 1.68. The van der Waals surface area contributed by atoms with Crippen molar-refractivity contribution >= 4 is 21.6 Å². The summed E-state index contributed by atoms with van der Waals surface area (Å²) < 4.78 is 44.6. The van der Waals surface area contributed by atoms with Crippen molar-refractivity contribution in [2.75, 3.05) is 44.8 Å². The summed E-state index contributed by atoms with van der Waals surface area (Å²) in [7, 11) is -1.15. The van der Waals surface area contributed by atoms with Gasteiger partial charge in [0.1, 0.15) is 12.3 Å². The second-order valence-electron chi connectivity index (χ2n) is 8.02. The zero-order valence-electron chi connectivity index (χ0n) is 19.6. The van der Waals surface area contributed by atoms with Gasteiger partial charge in [-0.2, -0.15) is 0 Å². The summed E-state index contributed by atoms with van der Waals surface area (Å²) in [5.41, 5.74) is 0.381. The first-order valence-electron chi connectivity index (χ1n) is 11.1. The highest BCUT2D eigenvalue weighted by molar-refractivity contribution is 7.92. The van der Waals surface area contributed by atoms with E-state index in [4.69, 9.17) is 14.2 Å². The maximum Gasteiger partial charge on any atom is 0.264 e. The third-order valence-electron chi connectivity index (χ3n) is 5.79. The number of carbonyl (C=O) groups excluding carboxylic acids is 1. The molecule has 0 spiro atoms. The van der Waals surface area contributed by atoms with Crippen LogP contribution in [0.1, 0.15) is 26.7 Å². The van der Waals surface area contributed by atoms with E-state index in [1.807, 2.05) is 6.92 Å². The molecular weight excluding hydrogens is 444 g/mol. The van der Waals surface area contributed by atoms with Gasteiger partial charge in [0, 0.05) is 19.2 Å². The molecule has 0 aliphatic carbocycles. The predicted molar refractivity (Wildman–Crippen MR) is 127 cm³/mol. The summed E-state index contributed by atoms with van der Waals surface area (Å²) in [4.78, 5) is 14.9. The standard InChI is InChI=1S/C24H32N2O6S/c1-5-32-20-8-6-19(7-9-20)26(17-24(27)25-14-12-18(2)13-15-25)33(28,29)21-10-11-22(30-3)23(16-21)31-4/h6-11,16,18H,5,12-15,17H2,1-4H3. The van der Waals surface area contributed by atoms with Gasteiger partial charge in [-0.25, -0.2) is 8.42 Å². The Bertz CT molecular complexity index is 1050. The Morgan fingerprint density at radius 3 is 2.24 bits per heavy atom. The Morgan fingerprint density at radius 2 is 1.67 bits per heavy atom. The highest BCUT2D eigenvalue weighted by Gasteiger charge is 2.31. The molecule has 0 atom stereocenters. The average Bonchev–Trinajstić information content (AvgIpc) is 2.83. The number of rotatable bonds is 9. The minimum atomic E-state index is -4.07. The van der Waals surface area contributed by atoms with Gasteiger partial charge in [0.25, 0.3) is 10.0 Å². The fraction of sp³-hybridized carbons (Fsp3) is 0.458. The van der Waals surface area contributed by atoms with Crippen molar-refractivity contribution in [2.24, 2.45) is 5.92 Å². The van der Waals surface area contributed by atoms with Gasteiger partial charge in [-0.05, 0) is 62.1 Å². The summed E-state index contributed by atoms with van der Waals surface area (Å²) in [6, 6.07) is 11.1. The van der Waals surface area contributed by atoms with Crippen LogP contribution in [-0.2, 0) is 14.8 Å². The number of carbonyl (C=O) groups is 1. The third kappa shape index (κ3) is 5.71. The number of ether oxygens (including phenoxy) is 3. The molecule has 2 aromatic rings. The molecule has 1 amide bonds. The van der Waals surface area contributed by atoms with Crippen molar-refractivity contribution in [2.45, 2.75) is 31.6 Å². The number of nitrogens with zero attached hydrogens (tertiary/aromatic N) is 2. The Morgan fingerprint density at radius 1 is 1.03 bits per heavy atom. The summed E-state index contributed by atoms with van der Waals surface area (Å²) in [6.07, 6.45) is 1.83. The lowest BCUT2D eigenvalue weighted by Gasteiger charge is -2.32. The van der Waals surface area contributed by atoms with Crippen LogP contribution in [-0.4, -0.2) is 59.7 Å². The largest absolute Gasteiger partial charge is 0.494 e. The number of piperidine rings is 1. The number of hydrogen-bond donors (Lipinski definition) is 0. The van der Waals surface area contributed by atoms with E-state index in [2.05, 4.69) is 6.92 Å². The van der Waals surface area contributed by atoms with Crippen LogP contribution >= 0.6 is 0 Å². The van der Waals surface area contributed by atoms with E-state index in [0.717, 1.165) is 17.1 Å². The zero-order valence-corrected chi connectivity index (χ0v) is 20.4. The van der Waals surface area contributed by atoms with Crippen LogP contribution in [0.4, 0.5) is 5.69 Å². The fourth-order valence-corrected chi connectivity index (χ4v) is 5.21. The van der Waals surface area contributed by atoms with Crippen molar-refractivity contribution in [3.8, 4) is 17.2 Å². The first-order chi connectivity index (χ1) is 15.8. The van der Waals surface area contributed by atoms with Gasteiger partial charge in [-0.1, -0.05) is 6.92 Å². The van der Waals surface area contributed by atoms with Gasteiger partial charge in [0.05, 0.1) is 31.4 Å². The van der Waals surface area contributed by atoms with Crippen molar-refractivity contribution in [1.29, 1.82) is 0 Å². The van der Waals surface area contributed by atoms with Gasteiger partial charge in [0.2, 0.25) is 5.91 Å². The molecule has 1 aliphatic heterocycles. The molecule has 3 rings (SSSR count). The molecule has 0 bridgehead atoms. The molecule has 1 saturated heterocycles. The number of likely N-dealkylation sites (tertiary alicyclic amines) is 1. The molecule has 1 heterocycles. The van der Waals surface area contributed by atoms with Gasteiger partial charge in [-0.3, -0.25) is 9.10 Å². The van der Waals surface area contributed by atoms with E-state index in [0.29, 0.717) is 48.6 Å². The van der Waals surface area contributed by atoms with E-state index in [1.54, 1.807) is 29.2 Å². The monoisotopic (exact) mass is 476 g/mol. The highest BCUT2D eigenvalue weighted by Crippen LogP contribution is 2.33. The second-order valence-corrected chi connectivity index (χ2v) is 9.88. The van der Waals surface area contributed by atoms with Crippen molar-refractivity contribution in [3.05, 3.63) is 42.5 Å².